The third kappa shape index (κ3) is 3.96. The molecule has 1 saturated carbocycles. The summed E-state index contributed by atoms with van der Waals surface area (Å²) < 4.78 is 0. The molecule has 31 heavy (non-hydrogen) atoms. The van der Waals surface area contributed by atoms with Crippen LogP contribution in [0.1, 0.15) is 81.5 Å². The van der Waals surface area contributed by atoms with Crippen LogP contribution in [0.5, 0.6) is 0 Å². The van der Waals surface area contributed by atoms with E-state index in [1.807, 2.05) is 11.3 Å². The van der Waals surface area contributed by atoms with Gasteiger partial charge in [-0.3, -0.25) is 4.79 Å². The first kappa shape index (κ1) is 21.2. The van der Waals surface area contributed by atoms with Gasteiger partial charge in [-0.2, -0.15) is 0 Å². The summed E-state index contributed by atoms with van der Waals surface area (Å²) in [5.41, 5.74) is 1.51. The van der Waals surface area contributed by atoms with Crippen molar-refractivity contribution < 1.29 is 4.79 Å². The average Bonchev–Trinajstić information content (AvgIpc) is 3.45. The van der Waals surface area contributed by atoms with Gasteiger partial charge in [-0.15, -0.1) is 11.3 Å². The fourth-order valence-electron chi connectivity index (χ4n) is 5.54. The van der Waals surface area contributed by atoms with Gasteiger partial charge in [0.05, 0.1) is 5.39 Å². The van der Waals surface area contributed by atoms with E-state index in [9.17, 15) is 4.79 Å². The summed E-state index contributed by atoms with van der Waals surface area (Å²) in [6.07, 6.45) is 9.25. The zero-order valence-electron chi connectivity index (χ0n) is 19.3. The van der Waals surface area contributed by atoms with Crippen molar-refractivity contribution in [3.8, 4) is 0 Å². The first-order valence-electron chi connectivity index (χ1n) is 12.4. The van der Waals surface area contributed by atoms with Crippen LogP contribution in [0.4, 0.5) is 5.82 Å². The van der Waals surface area contributed by atoms with Crippen LogP contribution in [0.25, 0.3) is 10.2 Å². The molecule has 5 nitrogen and oxygen atoms in total. The molecule has 2 aliphatic carbocycles. The van der Waals surface area contributed by atoms with Crippen molar-refractivity contribution in [3.05, 3.63) is 16.3 Å². The van der Waals surface area contributed by atoms with Crippen LogP contribution in [-0.2, 0) is 17.6 Å². The maximum absolute atomic E-state index is 12.9. The van der Waals surface area contributed by atoms with E-state index in [0.717, 1.165) is 69.4 Å². The third-order valence-electron chi connectivity index (χ3n) is 7.80. The number of anilines is 1. The monoisotopic (exact) mass is 440 g/mol. The zero-order valence-corrected chi connectivity index (χ0v) is 20.1. The summed E-state index contributed by atoms with van der Waals surface area (Å²) in [5, 5.41) is 1.31. The predicted octanol–water partition coefficient (Wildman–Crippen LogP) is 5.17. The molecule has 5 rings (SSSR count). The summed E-state index contributed by atoms with van der Waals surface area (Å²) in [5.74, 6) is 3.93. The number of aromatic nitrogens is 2. The Morgan fingerprint density at radius 1 is 1.13 bits per heavy atom. The lowest BCUT2D eigenvalue weighted by Gasteiger charge is -2.37. The number of rotatable bonds is 4. The maximum Gasteiger partial charge on any atom is 0.225 e. The van der Waals surface area contributed by atoms with Crippen molar-refractivity contribution >= 4 is 33.3 Å². The van der Waals surface area contributed by atoms with Gasteiger partial charge in [0, 0.05) is 42.9 Å². The summed E-state index contributed by atoms with van der Waals surface area (Å²) >= 11 is 1.90. The number of amides is 1. The van der Waals surface area contributed by atoms with Crippen LogP contribution in [0, 0.1) is 11.8 Å². The Morgan fingerprint density at radius 3 is 2.58 bits per heavy atom. The summed E-state index contributed by atoms with van der Waals surface area (Å²) in [4.78, 5) is 30.4. The molecule has 2 aromatic rings. The van der Waals surface area contributed by atoms with Crippen molar-refractivity contribution in [2.45, 2.75) is 78.1 Å². The molecule has 1 saturated heterocycles. The standard InChI is InChI=1S/C25H36N4OS/c1-4-17(3)22-26-23(21-19-10-9-16(2)15-20(19)31-24(21)27-22)28-11-13-29(14-12-28)25(30)18-7-5-6-8-18/h16-18H,4-15H2,1-3H3/t16-,17+/m0/s1. The van der Waals surface area contributed by atoms with Gasteiger partial charge in [0.1, 0.15) is 16.5 Å². The van der Waals surface area contributed by atoms with Crippen molar-refractivity contribution in [1.82, 2.24) is 14.9 Å². The Labute approximate surface area is 190 Å². The Morgan fingerprint density at radius 2 is 1.87 bits per heavy atom. The van der Waals surface area contributed by atoms with Crippen molar-refractivity contribution in [2.24, 2.45) is 11.8 Å². The zero-order chi connectivity index (χ0) is 21.5. The number of aryl methyl sites for hydroxylation is 1. The largest absolute Gasteiger partial charge is 0.352 e. The van der Waals surface area contributed by atoms with E-state index in [0.29, 0.717) is 11.8 Å². The fourth-order valence-corrected chi connectivity index (χ4v) is 6.92. The molecule has 0 bridgehead atoms. The van der Waals surface area contributed by atoms with E-state index < -0.39 is 0 Å². The van der Waals surface area contributed by atoms with Gasteiger partial charge in [0.15, 0.2) is 0 Å². The van der Waals surface area contributed by atoms with E-state index in [2.05, 4.69) is 30.6 Å². The molecule has 0 N–H and O–H groups in total. The number of thiophene rings is 1. The number of hydrogen-bond donors (Lipinski definition) is 0. The molecular weight excluding hydrogens is 404 g/mol. The highest BCUT2D eigenvalue weighted by molar-refractivity contribution is 7.19. The Balaban J connectivity index is 1.45. The second-order valence-electron chi connectivity index (χ2n) is 10.0. The van der Waals surface area contributed by atoms with E-state index in [1.165, 1.54) is 46.3 Å². The number of nitrogens with zero attached hydrogens (tertiary/aromatic N) is 4. The lowest BCUT2D eigenvalue weighted by molar-refractivity contribution is -0.135. The minimum Gasteiger partial charge on any atom is -0.352 e. The van der Waals surface area contributed by atoms with Crippen LogP contribution in [-0.4, -0.2) is 47.0 Å². The van der Waals surface area contributed by atoms with Gasteiger partial charge < -0.3 is 9.80 Å². The second-order valence-corrected chi connectivity index (χ2v) is 11.1. The quantitative estimate of drug-likeness (QED) is 0.658. The molecule has 6 heteroatoms. The van der Waals surface area contributed by atoms with Crippen molar-refractivity contribution in [3.63, 3.8) is 0 Å². The molecule has 3 aliphatic rings. The molecule has 3 heterocycles. The van der Waals surface area contributed by atoms with Gasteiger partial charge in [0.2, 0.25) is 5.91 Å². The van der Waals surface area contributed by atoms with E-state index in [1.54, 1.807) is 0 Å². The summed E-state index contributed by atoms with van der Waals surface area (Å²) in [6, 6.07) is 0. The van der Waals surface area contributed by atoms with Crippen LogP contribution in [0.3, 0.4) is 0 Å². The van der Waals surface area contributed by atoms with E-state index in [4.69, 9.17) is 9.97 Å². The lowest BCUT2D eigenvalue weighted by Crippen LogP contribution is -2.50. The number of carbonyl (C=O) groups excluding carboxylic acids is 1. The molecule has 0 radical (unpaired) electrons. The first-order chi connectivity index (χ1) is 15.0. The SMILES string of the molecule is CC[C@@H](C)c1nc(N2CCN(C(=O)C3CCCC3)CC2)c2c3c(sc2n1)C[C@@H](C)CC3. The highest BCUT2D eigenvalue weighted by Crippen LogP contribution is 2.42. The molecule has 2 aromatic heterocycles. The van der Waals surface area contributed by atoms with Crippen LogP contribution < -0.4 is 4.90 Å². The maximum atomic E-state index is 12.9. The van der Waals surface area contributed by atoms with Crippen molar-refractivity contribution in [1.29, 1.82) is 0 Å². The number of hydrogen-bond acceptors (Lipinski definition) is 5. The van der Waals surface area contributed by atoms with E-state index >= 15 is 0 Å². The summed E-state index contributed by atoms with van der Waals surface area (Å²) in [6.45, 7) is 10.2. The van der Waals surface area contributed by atoms with Gasteiger partial charge in [-0.1, -0.05) is 33.6 Å². The first-order valence-corrected chi connectivity index (χ1v) is 13.2. The number of piperazine rings is 1. The second kappa shape index (κ2) is 8.68. The average molecular weight is 441 g/mol. The Kier molecular flexibility index (Phi) is 5.93. The summed E-state index contributed by atoms with van der Waals surface area (Å²) in [7, 11) is 0. The molecule has 1 amide bonds. The lowest BCUT2D eigenvalue weighted by atomic mass is 9.89. The molecule has 2 fully saturated rings. The molecular formula is C25H36N4OS. The normalized spacial score (nSPS) is 23.4. The minimum absolute atomic E-state index is 0.278. The molecule has 0 spiro atoms. The van der Waals surface area contributed by atoms with Gasteiger partial charge in [-0.05, 0) is 50.0 Å². The molecule has 1 aliphatic heterocycles. The van der Waals surface area contributed by atoms with Crippen LogP contribution >= 0.6 is 11.3 Å². The number of fused-ring (bicyclic) bond motifs is 3. The third-order valence-corrected chi connectivity index (χ3v) is 8.95. The molecule has 0 unspecified atom stereocenters. The van der Waals surface area contributed by atoms with Gasteiger partial charge >= 0.3 is 0 Å². The minimum atomic E-state index is 0.278. The smallest absolute Gasteiger partial charge is 0.225 e. The van der Waals surface area contributed by atoms with Gasteiger partial charge in [0.25, 0.3) is 0 Å². The Hall–Kier alpha value is -1.69. The van der Waals surface area contributed by atoms with Gasteiger partial charge in [-0.25, -0.2) is 9.97 Å². The molecule has 168 valence electrons. The van der Waals surface area contributed by atoms with Crippen molar-refractivity contribution in [2.75, 3.05) is 31.1 Å². The van der Waals surface area contributed by atoms with Crippen LogP contribution in [0.15, 0.2) is 0 Å². The highest BCUT2D eigenvalue weighted by atomic mass is 32.1. The molecule has 0 aromatic carbocycles. The fraction of sp³-hybridized carbons (Fsp3) is 0.720. The van der Waals surface area contributed by atoms with E-state index in [-0.39, 0.29) is 5.92 Å². The highest BCUT2D eigenvalue weighted by Gasteiger charge is 2.32. The predicted molar refractivity (Wildman–Crippen MR) is 128 cm³/mol. The van der Waals surface area contributed by atoms with Crippen LogP contribution in [0.2, 0.25) is 0 Å². The Bertz CT molecular complexity index is 956. The molecule has 2 atom stereocenters. The number of carbonyl (C=O) groups is 1. The topological polar surface area (TPSA) is 49.3 Å².